The molecule has 0 radical (unpaired) electrons. The predicted molar refractivity (Wildman–Crippen MR) is 114 cm³/mol. The van der Waals surface area contributed by atoms with Crippen molar-refractivity contribution in [1.29, 1.82) is 0 Å². The number of nitrogens with zero attached hydrogens (tertiary/aromatic N) is 1. The minimum Gasteiger partial charge on any atom is -0.497 e. The van der Waals surface area contributed by atoms with E-state index in [0.717, 1.165) is 11.3 Å². The van der Waals surface area contributed by atoms with Gasteiger partial charge in [-0.3, -0.25) is 0 Å². The number of benzene rings is 2. The highest BCUT2D eigenvalue weighted by Crippen LogP contribution is 2.41. The Labute approximate surface area is 181 Å². The summed E-state index contributed by atoms with van der Waals surface area (Å²) in [4.78, 5) is 27.2. The lowest BCUT2D eigenvalue weighted by Crippen LogP contribution is -2.28. The maximum atomic E-state index is 12.7. The number of carbonyl (C=O) groups excluding carboxylic acids is 2. The Morgan fingerprint density at radius 3 is 1.90 bits per heavy atom. The van der Waals surface area contributed by atoms with Crippen LogP contribution in [0.3, 0.4) is 0 Å². The number of hydrogen-bond acceptors (Lipinski definition) is 7. The fraction of sp³-hybridized carbons (Fsp3) is 0.250. The molecule has 2 aromatic rings. The molecule has 0 N–H and O–H groups in total. The fourth-order valence-corrected chi connectivity index (χ4v) is 3.56. The SMILES string of the molecule is COC(=O)C1=CN(Cc2ccc(OC)cc2)C=C(C(=O)OC)C1c1ccccc1OC. The van der Waals surface area contributed by atoms with Crippen LogP contribution in [0.25, 0.3) is 0 Å². The molecular formula is C24H25NO6. The summed E-state index contributed by atoms with van der Waals surface area (Å²) in [5, 5.41) is 0. The average Bonchev–Trinajstić information content (AvgIpc) is 2.82. The third kappa shape index (κ3) is 4.71. The molecule has 1 aliphatic heterocycles. The molecule has 1 aliphatic rings. The molecule has 0 aliphatic carbocycles. The van der Waals surface area contributed by atoms with Crippen molar-refractivity contribution in [2.75, 3.05) is 28.4 Å². The molecule has 0 amide bonds. The molecule has 7 nitrogen and oxygen atoms in total. The maximum Gasteiger partial charge on any atom is 0.336 e. The van der Waals surface area contributed by atoms with E-state index in [4.69, 9.17) is 18.9 Å². The van der Waals surface area contributed by atoms with E-state index < -0.39 is 17.9 Å². The Morgan fingerprint density at radius 1 is 0.806 bits per heavy atom. The molecule has 0 saturated carbocycles. The van der Waals surface area contributed by atoms with Crippen LogP contribution in [0.4, 0.5) is 0 Å². The number of methoxy groups -OCH3 is 4. The highest BCUT2D eigenvalue weighted by Gasteiger charge is 2.36. The number of rotatable bonds is 7. The molecular weight excluding hydrogens is 398 g/mol. The molecule has 0 unspecified atom stereocenters. The quantitative estimate of drug-likeness (QED) is 0.632. The van der Waals surface area contributed by atoms with Gasteiger partial charge in [-0.2, -0.15) is 0 Å². The van der Waals surface area contributed by atoms with Gasteiger partial charge in [0.05, 0.1) is 45.5 Å². The number of para-hydroxylation sites is 1. The second-order valence-corrected chi connectivity index (χ2v) is 6.85. The molecule has 162 valence electrons. The summed E-state index contributed by atoms with van der Waals surface area (Å²) in [7, 11) is 5.77. The normalized spacial score (nSPS) is 13.7. The number of hydrogen-bond donors (Lipinski definition) is 0. The van der Waals surface area contributed by atoms with Gasteiger partial charge < -0.3 is 23.8 Å². The topological polar surface area (TPSA) is 74.3 Å². The second kappa shape index (κ2) is 9.84. The lowest BCUT2D eigenvalue weighted by molar-refractivity contribution is -0.137. The van der Waals surface area contributed by atoms with E-state index in [0.29, 0.717) is 29.0 Å². The van der Waals surface area contributed by atoms with Crippen molar-refractivity contribution in [3.63, 3.8) is 0 Å². The summed E-state index contributed by atoms with van der Waals surface area (Å²) < 4.78 is 20.8. The Kier molecular flexibility index (Phi) is 6.97. The molecule has 0 spiro atoms. The van der Waals surface area contributed by atoms with Crippen LogP contribution in [-0.2, 0) is 25.6 Å². The summed E-state index contributed by atoms with van der Waals surface area (Å²) in [6.45, 7) is 0.434. The van der Waals surface area contributed by atoms with Crippen LogP contribution in [-0.4, -0.2) is 45.3 Å². The molecule has 0 bridgehead atoms. The van der Waals surface area contributed by atoms with Gasteiger partial charge in [0.25, 0.3) is 0 Å². The van der Waals surface area contributed by atoms with Crippen LogP contribution in [0.1, 0.15) is 17.0 Å². The van der Waals surface area contributed by atoms with Gasteiger partial charge in [0.15, 0.2) is 0 Å². The zero-order chi connectivity index (χ0) is 22.4. The first-order valence-electron chi connectivity index (χ1n) is 9.64. The second-order valence-electron chi connectivity index (χ2n) is 6.85. The number of esters is 2. The van der Waals surface area contributed by atoms with E-state index in [9.17, 15) is 9.59 Å². The van der Waals surface area contributed by atoms with E-state index >= 15 is 0 Å². The fourth-order valence-electron chi connectivity index (χ4n) is 3.56. The maximum absolute atomic E-state index is 12.7. The standard InChI is InChI=1S/C24H25NO6/c1-28-17-11-9-16(10-12-17)13-25-14-19(23(26)30-3)22(20(15-25)24(27)31-4)18-7-5-6-8-21(18)29-2/h5-12,14-15,22H,13H2,1-4H3. The highest BCUT2D eigenvalue weighted by molar-refractivity contribution is 5.98. The zero-order valence-electron chi connectivity index (χ0n) is 18.0. The van der Waals surface area contributed by atoms with Crippen molar-refractivity contribution in [1.82, 2.24) is 4.90 Å². The summed E-state index contributed by atoms with van der Waals surface area (Å²) in [6.07, 6.45) is 3.39. The lowest BCUT2D eigenvalue weighted by atomic mass is 9.82. The van der Waals surface area contributed by atoms with Crippen molar-refractivity contribution in [2.24, 2.45) is 0 Å². The molecule has 31 heavy (non-hydrogen) atoms. The smallest absolute Gasteiger partial charge is 0.336 e. The van der Waals surface area contributed by atoms with Gasteiger partial charge in [0, 0.05) is 24.5 Å². The first kappa shape index (κ1) is 22.0. The van der Waals surface area contributed by atoms with Gasteiger partial charge in [-0.05, 0) is 23.8 Å². The van der Waals surface area contributed by atoms with E-state index in [2.05, 4.69) is 0 Å². The van der Waals surface area contributed by atoms with Gasteiger partial charge >= 0.3 is 11.9 Å². The Bertz CT molecular complexity index is 975. The van der Waals surface area contributed by atoms with Gasteiger partial charge in [0.2, 0.25) is 0 Å². The summed E-state index contributed by atoms with van der Waals surface area (Å²) in [6, 6.07) is 14.8. The van der Waals surface area contributed by atoms with Crippen molar-refractivity contribution in [3.8, 4) is 11.5 Å². The van der Waals surface area contributed by atoms with Crippen LogP contribution in [0.5, 0.6) is 11.5 Å². The molecule has 0 aromatic heterocycles. The average molecular weight is 423 g/mol. The highest BCUT2D eigenvalue weighted by atomic mass is 16.5. The van der Waals surface area contributed by atoms with Crippen LogP contribution >= 0.6 is 0 Å². The van der Waals surface area contributed by atoms with Crippen LogP contribution < -0.4 is 9.47 Å². The predicted octanol–water partition coefficient (Wildman–Crippen LogP) is 3.42. The zero-order valence-corrected chi connectivity index (χ0v) is 18.0. The van der Waals surface area contributed by atoms with Gasteiger partial charge in [0.1, 0.15) is 11.5 Å². The van der Waals surface area contributed by atoms with E-state index in [1.807, 2.05) is 42.5 Å². The Morgan fingerprint density at radius 2 is 1.39 bits per heavy atom. The van der Waals surface area contributed by atoms with Crippen molar-refractivity contribution in [2.45, 2.75) is 12.5 Å². The third-order valence-electron chi connectivity index (χ3n) is 5.05. The molecule has 0 atom stereocenters. The largest absolute Gasteiger partial charge is 0.497 e. The first-order chi connectivity index (χ1) is 15.0. The first-order valence-corrected chi connectivity index (χ1v) is 9.64. The minimum absolute atomic E-state index is 0.309. The summed E-state index contributed by atoms with van der Waals surface area (Å²) in [5.74, 6) is -0.464. The monoisotopic (exact) mass is 423 g/mol. The van der Waals surface area contributed by atoms with Crippen LogP contribution in [0.15, 0.2) is 72.1 Å². The van der Waals surface area contributed by atoms with E-state index in [-0.39, 0.29) is 0 Å². The molecule has 2 aromatic carbocycles. The molecule has 1 heterocycles. The lowest BCUT2D eigenvalue weighted by Gasteiger charge is -2.30. The molecule has 0 saturated heterocycles. The van der Waals surface area contributed by atoms with Crippen LogP contribution in [0, 0.1) is 0 Å². The Hall–Kier alpha value is -3.74. The van der Waals surface area contributed by atoms with Gasteiger partial charge in [-0.25, -0.2) is 9.59 Å². The summed E-state index contributed by atoms with van der Waals surface area (Å²) >= 11 is 0. The Balaban J connectivity index is 2.07. The number of ether oxygens (including phenoxy) is 4. The van der Waals surface area contributed by atoms with E-state index in [1.54, 1.807) is 37.6 Å². The van der Waals surface area contributed by atoms with Crippen molar-refractivity contribution in [3.05, 3.63) is 83.2 Å². The third-order valence-corrected chi connectivity index (χ3v) is 5.05. The van der Waals surface area contributed by atoms with Crippen molar-refractivity contribution < 1.29 is 28.5 Å². The van der Waals surface area contributed by atoms with E-state index in [1.165, 1.54) is 14.2 Å². The van der Waals surface area contributed by atoms with Crippen LogP contribution in [0.2, 0.25) is 0 Å². The molecule has 7 heteroatoms. The van der Waals surface area contributed by atoms with Gasteiger partial charge in [-0.15, -0.1) is 0 Å². The molecule has 3 rings (SSSR count). The molecule has 0 fully saturated rings. The van der Waals surface area contributed by atoms with Crippen molar-refractivity contribution >= 4 is 11.9 Å². The minimum atomic E-state index is -0.692. The van der Waals surface area contributed by atoms with Gasteiger partial charge in [-0.1, -0.05) is 30.3 Å². The number of carbonyl (C=O) groups is 2. The summed E-state index contributed by atoms with van der Waals surface area (Å²) in [5.41, 5.74) is 2.26.